The number of benzene rings is 2. The molecule has 7 heteroatoms. The maximum absolute atomic E-state index is 14.1. The van der Waals surface area contributed by atoms with Crippen molar-refractivity contribution in [2.24, 2.45) is 10.1 Å². The molecule has 0 aromatic heterocycles. The smallest absolute Gasteiger partial charge is 0.278 e. The van der Waals surface area contributed by atoms with E-state index in [1.54, 1.807) is 30.5 Å². The molecule has 2 aliphatic rings. The number of hydrogen-bond donors (Lipinski definition) is 0. The lowest BCUT2D eigenvalue weighted by molar-refractivity contribution is -0.107. The van der Waals surface area contributed by atoms with E-state index in [2.05, 4.69) is 10.1 Å². The van der Waals surface area contributed by atoms with Crippen LogP contribution in [0.5, 0.6) is 0 Å². The molecule has 0 saturated heterocycles. The Morgan fingerprint density at radius 1 is 1.08 bits per heavy atom. The van der Waals surface area contributed by atoms with E-state index in [0.717, 1.165) is 6.07 Å². The summed E-state index contributed by atoms with van der Waals surface area (Å²) in [5.74, 6) is -2.03. The van der Waals surface area contributed by atoms with Crippen molar-refractivity contribution in [2.45, 2.75) is 0 Å². The number of Topliss-reactive ketones (excluding diaryl/α,β-unsaturated/α-hetero) is 1. The molecule has 2 aromatic rings. The van der Waals surface area contributed by atoms with Crippen molar-refractivity contribution in [1.29, 1.82) is 5.26 Å². The van der Waals surface area contributed by atoms with Gasteiger partial charge in [0.25, 0.3) is 5.78 Å². The molecule has 0 N–H and O–H groups in total. The Balaban J connectivity index is 1.88. The lowest BCUT2D eigenvalue weighted by atomic mass is 10.1. The fourth-order valence-electron chi connectivity index (χ4n) is 2.85. The molecule has 0 radical (unpaired) electrons. The van der Waals surface area contributed by atoms with Gasteiger partial charge in [-0.2, -0.15) is 10.3 Å². The maximum Gasteiger partial charge on any atom is 0.315 e. The van der Waals surface area contributed by atoms with Crippen LogP contribution < -0.4 is 4.59 Å². The molecule has 0 amide bonds. The highest BCUT2D eigenvalue weighted by Gasteiger charge is 2.52. The normalized spacial score (nSPS) is 20.9. The summed E-state index contributed by atoms with van der Waals surface area (Å²) in [5, 5.41) is 13.3. The van der Waals surface area contributed by atoms with Gasteiger partial charge in [0, 0.05) is 23.8 Å². The Labute approximate surface area is 141 Å². The monoisotopic (exact) mass is 335 g/mol. The van der Waals surface area contributed by atoms with Gasteiger partial charge in [-0.05, 0) is 24.3 Å². The summed E-state index contributed by atoms with van der Waals surface area (Å²) < 4.78 is 26.9. The van der Waals surface area contributed by atoms with Gasteiger partial charge in [-0.25, -0.2) is 8.78 Å². The summed E-state index contributed by atoms with van der Waals surface area (Å²) in [6.45, 7) is 0. The molecule has 0 saturated carbocycles. The zero-order chi connectivity index (χ0) is 17.6. The standard InChI is InChI=1S/C18H9F2N4O/c19-12-3-6-14(15(20)9-12)16-17(25)18-22-7-8-24(18,23-16)13-4-1-11(10-21)2-5-13/h1-9H/q+1. The second-order valence-corrected chi connectivity index (χ2v) is 5.50. The van der Waals surface area contributed by atoms with E-state index in [1.807, 2.05) is 6.07 Å². The first-order valence-corrected chi connectivity index (χ1v) is 7.31. The number of hydrogen-bond acceptors (Lipinski definition) is 4. The van der Waals surface area contributed by atoms with Crippen LogP contribution in [0.15, 0.2) is 65.0 Å². The number of quaternary nitrogens is 1. The zero-order valence-corrected chi connectivity index (χ0v) is 12.6. The third-order valence-corrected chi connectivity index (χ3v) is 4.05. The number of rotatable bonds is 2. The number of carbonyl (C=O) groups is 1. The molecular formula is C18H9F2N4O+. The van der Waals surface area contributed by atoms with Gasteiger partial charge in [-0.15, -0.1) is 0 Å². The quantitative estimate of drug-likeness (QED) is 0.792. The minimum atomic E-state index is -0.865. The summed E-state index contributed by atoms with van der Waals surface area (Å²) in [6, 6.07) is 11.5. The lowest BCUT2D eigenvalue weighted by Gasteiger charge is -2.19. The van der Waals surface area contributed by atoms with Crippen LogP contribution in [0.4, 0.5) is 14.5 Å². The Bertz CT molecular complexity index is 1050. The lowest BCUT2D eigenvalue weighted by Crippen LogP contribution is -2.41. The summed E-state index contributed by atoms with van der Waals surface area (Å²) >= 11 is 0. The molecule has 1 atom stereocenters. The maximum atomic E-state index is 14.1. The van der Waals surface area contributed by atoms with Gasteiger partial charge in [0.05, 0.1) is 17.8 Å². The first-order chi connectivity index (χ1) is 12.0. The van der Waals surface area contributed by atoms with Crippen LogP contribution in [0.3, 0.4) is 0 Å². The second kappa shape index (κ2) is 5.26. The average molecular weight is 335 g/mol. The number of nitrogens with zero attached hydrogens (tertiary/aromatic N) is 4. The molecule has 120 valence electrons. The number of carbonyl (C=O) groups excluding carboxylic acids is 1. The van der Waals surface area contributed by atoms with Gasteiger partial charge in [0.1, 0.15) is 11.6 Å². The second-order valence-electron chi connectivity index (χ2n) is 5.50. The van der Waals surface area contributed by atoms with Gasteiger partial charge in [0.15, 0.2) is 17.6 Å². The van der Waals surface area contributed by atoms with Gasteiger partial charge in [-0.1, -0.05) is 9.69 Å². The molecule has 5 nitrogen and oxygen atoms in total. The molecule has 2 heterocycles. The topological polar surface area (TPSA) is 65.6 Å². The van der Waals surface area contributed by atoms with Crippen LogP contribution in [0, 0.1) is 23.0 Å². The van der Waals surface area contributed by atoms with Crippen molar-refractivity contribution in [1.82, 2.24) is 4.59 Å². The van der Waals surface area contributed by atoms with E-state index in [4.69, 9.17) is 5.26 Å². The van der Waals surface area contributed by atoms with Crippen LogP contribution in [-0.2, 0) is 4.79 Å². The molecule has 4 rings (SSSR count). The summed E-state index contributed by atoms with van der Waals surface area (Å²) in [4.78, 5) is 16.8. The van der Waals surface area contributed by atoms with Crippen molar-refractivity contribution in [3.05, 3.63) is 77.6 Å². The number of ketones is 1. The predicted octanol–water partition coefficient (Wildman–Crippen LogP) is 3.01. The highest BCUT2D eigenvalue weighted by molar-refractivity contribution is 6.73. The molecule has 2 aromatic carbocycles. The van der Waals surface area contributed by atoms with Gasteiger partial charge < -0.3 is 0 Å². The van der Waals surface area contributed by atoms with Crippen molar-refractivity contribution >= 4 is 23.0 Å². The van der Waals surface area contributed by atoms with Crippen molar-refractivity contribution < 1.29 is 13.6 Å². The van der Waals surface area contributed by atoms with Crippen molar-refractivity contribution in [3.63, 3.8) is 0 Å². The summed E-state index contributed by atoms with van der Waals surface area (Å²) in [6.07, 6.45) is 3.04. The Hall–Kier alpha value is -3.50. The summed E-state index contributed by atoms with van der Waals surface area (Å²) in [5.41, 5.74) is 0.841. The zero-order valence-electron chi connectivity index (χ0n) is 12.6. The van der Waals surface area contributed by atoms with Gasteiger partial charge >= 0.3 is 5.84 Å². The number of fused-ring (bicyclic) bond motifs is 1. The van der Waals surface area contributed by atoms with E-state index in [1.165, 1.54) is 12.3 Å². The number of amidine groups is 1. The third-order valence-electron chi connectivity index (χ3n) is 4.05. The first-order valence-electron chi connectivity index (χ1n) is 7.31. The molecule has 0 bridgehead atoms. The molecule has 0 aliphatic carbocycles. The first kappa shape index (κ1) is 15.1. The van der Waals surface area contributed by atoms with E-state index < -0.39 is 17.4 Å². The molecule has 2 aliphatic heterocycles. The molecule has 0 spiro atoms. The fraction of sp³-hybridized carbons (Fsp3) is 0. The average Bonchev–Trinajstić information content (AvgIpc) is 3.15. The van der Waals surface area contributed by atoms with Crippen LogP contribution in [0.25, 0.3) is 0 Å². The third kappa shape index (κ3) is 2.12. The minimum absolute atomic E-state index is 0.0805. The van der Waals surface area contributed by atoms with Crippen LogP contribution in [-0.4, -0.2) is 17.3 Å². The number of nitriles is 1. The van der Waals surface area contributed by atoms with Gasteiger partial charge in [0.2, 0.25) is 0 Å². The molecule has 25 heavy (non-hydrogen) atoms. The van der Waals surface area contributed by atoms with Crippen molar-refractivity contribution in [3.8, 4) is 6.07 Å². The minimum Gasteiger partial charge on any atom is -0.278 e. The van der Waals surface area contributed by atoms with Crippen LogP contribution in [0.2, 0.25) is 0 Å². The van der Waals surface area contributed by atoms with E-state index >= 15 is 0 Å². The molecular weight excluding hydrogens is 326 g/mol. The Kier molecular flexibility index (Phi) is 3.17. The fourth-order valence-corrected chi connectivity index (χ4v) is 2.85. The summed E-state index contributed by atoms with van der Waals surface area (Å²) in [7, 11) is 0. The highest BCUT2D eigenvalue weighted by atomic mass is 19.1. The predicted molar refractivity (Wildman–Crippen MR) is 87.4 cm³/mol. The van der Waals surface area contributed by atoms with E-state index in [0.29, 0.717) is 17.3 Å². The number of aliphatic imine (C=N–C) groups is 1. The van der Waals surface area contributed by atoms with Crippen molar-refractivity contribution in [2.75, 3.05) is 0 Å². The largest absolute Gasteiger partial charge is 0.315 e. The number of halogens is 2. The van der Waals surface area contributed by atoms with Gasteiger partial charge in [-0.3, -0.25) is 4.79 Å². The highest BCUT2D eigenvalue weighted by Crippen LogP contribution is 2.35. The van der Waals surface area contributed by atoms with E-state index in [9.17, 15) is 13.6 Å². The Morgan fingerprint density at radius 2 is 1.84 bits per heavy atom. The molecule has 1 unspecified atom stereocenters. The molecule has 0 fully saturated rings. The Morgan fingerprint density at radius 3 is 2.52 bits per heavy atom. The SMILES string of the molecule is N#Cc1ccc([N+]23C=CN=C2C(=O)C(c2ccc(F)cc2F)=N3)cc1. The van der Waals surface area contributed by atoms with Crippen LogP contribution in [0.1, 0.15) is 11.1 Å². The van der Waals surface area contributed by atoms with Crippen LogP contribution >= 0.6 is 0 Å². The van der Waals surface area contributed by atoms with E-state index in [-0.39, 0.29) is 21.7 Å².